The predicted octanol–water partition coefficient (Wildman–Crippen LogP) is 2.50. The number of H-pyrrole nitrogens is 1. The van der Waals surface area contributed by atoms with Crippen molar-refractivity contribution in [2.24, 2.45) is 0 Å². The fourth-order valence-electron chi connectivity index (χ4n) is 5.18. The fourth-order valence-corrected chi connectivity index (χ4v) is 5.18. The molecule has 3 fully saturated rings. The zero-order chi connectivity index (χ0) is 22.4. The lowest BCUT2D eigenvalue weighted by Crippen LogP contribution is -2.40. The number of nitrogens with one attached hydrogen (secondary N) is 3. The van der Waals surface area contributed by atoms with Crippen LogP contribution in [0.15, 0.2) is 18.2 Å². The first kappa shape index (κ1) is 20.5. The van der Waals surface area contributed by atoms with Crippen molar-refractivity contribution in [1.82, 2.24) is 35.0 Å². The normalized spacial score (nSPS) is 21.2. The molecular weight excluding hydrogens is 418 g/mol. The van der Waals surface area contributed by atoms with E-state index in [-0.39, 0.29) is 5.91 Å². The van der Waals surface area contributed by atoms with Crippen LogP contribution in [0.2, 0.25) is 0 Å². The number of aromatic amines is 1. The molecule has 174 valence electrons. The predicted molar refractivity (Wildman–Crippen MR) is 126 cm³/mol. The van der Waals surface area contributed by atoms with Crippen molar-refractivity contribution in [1.29, 1.82) is 0 Å². The van der Waals surface area contributed by atoms with Crippen molar-refractivity contribution >= 4 is 29.0 Å². The Morgan fingerprint density at radius 2 is 2.00 bits per heavy atom. The molecule has 3 aliphatic rings. The van der Waals surface area contributed by atoms with E-state index in [0.29, 0.717) is 29.4 Å². The van der Waals surface area contributed by atoms with E-state index in [1.807, 2.05) is 6.07 Å². The highest BCUT2D eigenvalue weighted by atomic mass is 16.1. The van der Waals surface area contributed by atoms with Crippen LogP contribution in [0.3, 0.4) is 0 Å². The van der Waals surface area contributed by atoms with E-state index in [2.05, 4.69) is 36.7 Å². The molecule has 0 bridgehead atoms. The molecule has 6 rings (SSSR count). The van der Waals surface area contributed by atoms with Crippen LogP contribution in [0.5, 0.6) is 0 Å². The average Bonchev–Trinajstić information content (AvgIpc) is 3.27. The first-order chi connectivity index (χ1) is 16.2. The van der Waals surface area contributed by atoms with Crippen molar-refractivity contribution in [3.63, 3.8) is 0 Å². The summed E-state index contributed by atoms with van der Waals surface area (Å²) in [6.07, 6.45) is 7.26. The van der Waals surface area contributed by atoms with Crippen LogP contribution in [0.1, 0.15) is 60.6 Å². The molecule has 5 heterocycles. The highest BCUT2D eigenvalue weighted by Crippen LogP contribution is 2.40. The molecule has 2 saturated heterocycles. The molecule has 0 spiro atoms. The Kier molecular flexibility index (Phi) is 5.17. The van der Waals surface area contributed by atoms with Crippen molar-refractivity contribution < 1.29 is 4.79 Å². The van der Waals surface area contributed by atoms with E-state index < -0.39 is 0 Å². The third kappa shape index (κ3) is 3.92. The number of nitrogens with zero attached hydrogens (tertiary/aromatic N) is 6. The molecule has 3 aromatic heterocycles. The fraction of sp³-hybridized carbons (Fsp3) is 0.565. The SMILES string of the molecule is CNC(=O)c1ccc2c(Nc3cc(C4CC4)[nH]n3)nc(N3CCC[C@@H]3CN3CCCC3)nn12. The summed E-state index contributed by atoms with van der Waals surface area (Å²) in [7, 11) is 1.64. The van der Waals surface area contributed by atoms with Crippen molar-refractivity contribution in [2.45, 2.75) is 50.5 Å². The summed E-state index contributed by atoms with van der Waals surface area (Å²) < 4.78 is 1.71. The van der Waals surface area contributed by atoms with Gasteiger partial charge in [-0.1, -0.05) is 0 Å². The van der Waals surface area contributed by atoms with Crippen LogP contribution in [-0.2, 0) is 0 Å². The molecule has 1 atom stereocenters. The summed E-state index contributed by atoms with van der Waals surface area (Å²) >= 11 is 0. The summed E-state index contributed by atoms with van der Waals surface area (Å²) in [5, 5.41) is 18.5. The van der Waals surface area contributed by atoms with Crippen molar-refractivity contribution in [2.75, 3.05) is 43.4 Å². The van der Waals surface area contributed by atoms with E-state index >= 15 is 0 Å². The number of anilines is 3. The summed E-state index contributed by atoms with van der Waals surface area (Å²) in [4.78, 5) is 22.3. The highest BCUT2D eigenvalue weighted by molar-refractivity contribution is 5.94. The van der Waals surface area contributed by atoms with Gasteiger partial charge in [-0.05, 0) is 63.7 Å². The molecule has 10 nitrogen and oxygen atoms in total. The summed E-state index contributed by atoms with van der Waals surface area (Å²) in [5.41, 5.74) is 2.41. The Bertz CT molecular complexity index is 1160. The maximum Gasteiger partial charge on any atom is 0.269 e. The summed E-state index contributed by atoms with van der Waals surface area (Å²) in [6, 6.07) is 6.13. The van der Waals surface area contributed by atoms with E-state index in [1.54, 1.807) is 17.6 Å². The number of carbonyl (C=O) groups excluding carboxylic acids is 1. The minimum absolute atomic E-state index is 0.170. The minimum Gasteiger partial charge on any atom is -0.354 e. The maximum absolute atomic E-state index is 12.5. The molecule has 3 N–H and O–H groups in total. The van der Waals surface area contributed by atoms with E-state index in [0.717, 1.165) is 43.0 Å². The van der Waals surface area contributed by atoms with Gasteiger partial charge in [-0.25, -0.2) is 4.52 Å². The van der Waals surface area contributed by atoms with Gasteiger partial charge in [0.2, 0.25) is 5.95 Å². The van der Waals surface area contributed by atoms with Crippen LogP contribution in [0, 0.1) is 0 Å². The molecule has 1 saturated carbocycles. The Morgan fingerprint density at radius 1 is 1.15 bits per heavy atom. The number of hydrogen-bond acceptors (Lipinski definition) is 7. The lowest BCUT2D eigenvalue weighted by molar-refractivity contribution is 0.0956. The van der Waals surface area contributed by atoms with Gasteiger partial charge < -0.3 is 20.4 Å². The third-order valence-electron chi connectivity index (χ3n) is 7.12. The molecule has 1 aliphatic carbocycles. The quantitative estimate of drug-likeness (QED) is 0.509. The average molecular weight is 450 g/mol. The van der Waals surface area contributed by atoms with Crippen LogP contribution in [0.25, 0.3) is 5.52 Å². The lowest BCUT2D eigenvalue weighted by Gasteiger charge is -2.28. The Labute approximate surface area is 192 Å². The van der Waals surface area contributed by atoms with Crippen LogP contribution < -0.4 is 15.5 Å². The van der Waals surface area contributed by atoms with E-state index in [4.69, 9.17) is 10.1 Å². The van der Waals surface area contributed by atoms with E-state index in [9.17, 15) is 4.79 Å². The van der Waals surface area contributed by atoms with Gasteiger partial charge in [0.1, 0.15) is 11.2 Å². The number of carbonyl (C=O) groups is 1. The first-order valence-electron chi connectivity index (χ1n) is 12.1. The molecular formula is C23H31N9O. The smallest absolute Gasteiger partial charge is 0.269 e. The topological polar surface area (TPSA) is 106 Å². The van der Waals surface area contributed by atoms with Crippen LogP contribution >= 0.6 is 0 Å². The van der Waals surface area contributed by atoms with Gasteiger partial charge in [0.15, 0.2) is 11.6 Å². The zero-order valence-electron chi connectivity index (χ0n) is 19.0. The van der Waals surface area contributed by atoms with Gasteiger partial charge in [-0.3, -0.25) is 9.89 Å². The van der Waals surface area contributed by atoms with Gasteiger partial charge in [-0.15, -0.1) is 5.10 Å². The second-order valence-corrected chi connectivity index (χ2v) is 9.46. The van der Waals surface area contributed by atoms with Gasteiger partial charge in [0, 0.05) is 43.9 Å². The molecule has 0 unspecified atom stereocenters. The Balaban J connectivity index is 1.36. The minimum atomic E-state index is -0.170. The molecule has 3 aromatic rings. The third-order valence-corrected chi connectivity index (χ3v) is 7.12. The summed E-state index contributed by atoms with van der Waals surface area (Å²) in [5.74, 6) is 2.48. The van der Waals surface area contributed by atoms with Gasteiger partial charge in [0.25, 0.3) is 5.91 Å². The summed E-state index contributed by atoms with van der Waals surface area (Å²) in [6.45, 7) is 4.33. The number of aromatic nitrogens is 5. The monoisotopic (exact) mass is 449 g/mol. The second kappa shape index (κ2) is 8.33. The van der Waals surface area contributed by atoms with E-state index in [1.165, 1.54) is 38.8 Å². The standard InChI is InChI=1S/C23H31N9O/c1-24-22(33)19-9-8-18-21(25-20-13-17(27-28-20)15-6-7-15)26-23(29-32(18)19)31-12-4-5-16(31)14-30-10-2-3-11-30/h8-9,13,15-16H,2-7,10-12,14H2,1H3,(H,24,33)(H2,25,26,27,28,29)/t16-/m1/s1. The maximum atomic E-state index is 12.5. The van der Waals surface area contributed by atoms with Crippen molar-refractivity contribution in [3.05, 3.63) is 29.6 Å². The van der Waals surface area contributed by atoms with Gasteiger partial charge in [0.05, 0.1) is 0 Å². The molecule has 33 heavy (non-hydrogen) atoms. The molecule has 0 aromatic carbocycles. The molecule has 10 heteroatoms. The molecule has 1 amide bonds. The lowest BCUT2D eigenvalue weighted by atomic mass is 10.2. The number of rotatable bonds is 7. The molecule has 2 aliphatic heterocycles. The van der Waals surface area contributed by atoms with Crippen LogP contribution in [-0.4, -0.2) is 74.9 Å². The molecule has 0 radical (unpaired) electrons. The zero-order valence-corrected chi connectivity index (χ0v) is 19.0. The van der Waals surface area contributed by atoms with Gasteiger partial charge >= 0.3 is 0 Å². The number of likely N-dealkylation sites (tertiary alicyclic amines) is 1. The Morgan fingerprint density at radius 3 is 2.79 bits per heavy atom. The first-order valence-corrected chi connectivity index (χ1v) is 12.1. The highest BCUT2D eigenvalue weighted by Gasteiger charge is 2.31. The van der Waals surface area contributed by atoms with Crippen molar-refractivity contribution in [3.8, 4) is 0 Å². The van der Waals surface area contributed by atoms with Crippen LogP contribution in [0.4, 0.5) is 17.6 Å². The largest absolute Gasteiger partial charge is 0.354 e. The number of hydrogen-bond donors (Lipinski definition) is 3. The number of amides is 1. The second-order valence-electron chi connectivity index (χ2n) is 9.46. The Hall–Kier alpha value is -3.14. The number of fused-ring (bicyclic) bond motifs is 1. The van der Waals surface area contributed by atoms with Gasteiger partial charge in [-0.2, -0.15) is 10.1 Å².